The molecular formula is C10H14N2O5S3. The highest BCUT2D eigenvalue weighted by atomic mass is 32.2. The van der Waals surface area contributed by atoms with Gasteiger partial charge in [0.15, 0.2) is 9.84 Å². The van der Waals surface area contributed by atoms with Crippen LogP contribution in [0.25, 0.3) is 0 Å². The third-order valence-electron chi connectivity index (χ3n) is 2.14. The van der Waals surface area contributed by atoms with E-state index >= 15 is 0 Å². The maximum Gasteiger partial charge on any atom is 0.309 e. The van der Waals surface area contributed by atoms with Crippen molar-refractivity contribution in [2.75, 3.05) is 17.3 Å². The van der Waals surface area contributed by atoms with Gasteiger partial charge in [-0.05, 0) is 0 Å². The molecule has 20 heavy (non-hydrogen) atoms. The van der Waals surface area contributed by atoms with Crippen molar-refractivity contribution in [3.8, 4) is 0 Å². The number of sulfone groups is 1. The lowest BCUT2D eigenvalue weighted by Crippen LogP contribution is -2.19. The molecule has 0 radical (unpaired) electrons. The van der Waals surface area contributed by atoms with E-state index in [2.05, 4.69) is 4.98 Å². The molecule has 1 aromatic rings. The highest BCUT2D eigenvalue weighted by Gasteiger charge is 2.13. The van der Waals surface area contributed by atoms with Crippen molar-refractivity contribution < 1.29 is 23.1 Å². The van der Waals surface area contributed by atoms with Crippen LogP contribution in [0.2, 0.25) is 0 Å². The Kier molecular flexibility index (Phi) is 6.43. The van der Waals surface area contributed by atoms with Crippen LogP contribution in [0.3, 0.4) is 0 Å². The molecule has 0 saturated heterocycles. The number of aromatic nitrogens is 1. The lowest BCUT2D eigenvalue weighted by molar-refractivity contribution is -0.136. The third-order valence-corrected chi connectivity index (χ3v) is 6.12. The Bertz CT molecular complexity index is 581. The van der Waals surface area contributed by atoms with Gasteiger partial charge in [0, 0.05) is 17.6 Å². The minimum absolute atomic E-state index is 0.0706. The van der Waals surface area contributed by atoms with Gasteiger partial charge in [0.2, 0.25) is 5.91 Å². The number of hydrogen-bond donors (Lipinski definition) is 2. The molecule has 7 nitrogen and oxygen atoms in total. The van der Waals surface area contributed by atoms with E-state index in [1.807, 2.05) is 0 Å². The van der Waals surface area contributed by atoms with E-state index in [4.69, 9.17) is 10.8 Å². The van der Waals surface area contributed by atoms with E-state index in [1.54, 1.807) is 5.38 Å². The quantitative estimate of drug-likeness (QED) is 0.613. The van der Waals surface area contributed by atoms with Crippen LogP contribution in [-0.4, -0.2) is 47.6 Å². The Labute approximate surface area is 124 Å². The largest absolute Gasteiger partial charge is 0.481 e. The van der Waals surface area contributed by atoms with Crippen molar-refractivity contribution >= 4 is 44.8 Å². The number of aliphatic carboxylic acids is 1. The van der Waals surface area contributed by atoms with Gasteiger partial charge >= 0.3 is 5.97 Å². The number of amides is 1. The Hall–Kier alpha value is -1.13. The molecule has 0 atom stereocenters. The molecule has 1 heterocycles. The van der Waals surface area contributed by atoms with Gasteiger partial charge in [0.05, 0.1) is 23.6 Å². The Morgan fingerprint density at radius 2 is 2.10 bits per heavy atom. The molecule has 0 unspecified atom stereocenters. The summed E-state index contributed by atoms with van der Waals surface area (Å²) in [6, 6.07) is 0. The van der Waals surface area contributed by atoms with Crippen LogP contribution in [0.1, 0.15) is 12.1 Å². The molecule has 0 saturated carbocycles. The molecule has 1 amide bonds. The van der Waals surface area contributed by atoms with Gasteiger partial charge in [0.25, 0.3) is 0 Å². The van der Waals surface area contributed by atoms with Crippen molar-refractivity contribution in [2.45, 2.75) is 17.2 Å². The zero-order valence-corrected chi connectivity index (χ0v) is 12.9. The van der Waals surface area contributed by atoms with Gasteiger partial charge in [-0.25, -0.2) is 13.4 Å². The van der Waals surface area contributed by atoms with Gasteiger partial charge in [-0.15, -0.1) is 11.3 Å². The number of carboxylic acid groups (broad SMARTS) is 1. The molecule has 112 valence electrons. The molecule has 0 aliphatic carbocycles. The van der Waals surface area contributed by atoms with Crippen molar-refractivity contribution in [3.05, 3.63) is 11.1 Å². The Morgan fingerprint density at radius 1 is 1.40 bits per heavy atom. The number of primary amides is 1. The minimum Gasteiger partial charge on any atom is -0.481 e. The number of hydrogen-bond acceptors (Lipinski definition) is 7. The predicted molar refractivity (Wildman–Crippen MR) is 76.6 cm³/mol. The summed E-state index contributed by atoms with van der Waals surface area (Å²) in [4.78, 5) is 25.1. The lowest BCUT2D eigenvalue weighted by atomic mass is 10.3. The number of carbonyl (C=O) groups excluding carboxylic acids is 1. The summed E-state index contributed by atoms with van der Waals surface area (Å²) < 4.78 is 23.8. The zero-order chi connectivity index (χ0) is 15.2. The first-order valence-electron chi connectivity index (χ1n) is 5.56. The van der Waals surface area contributed by atoms with Gasteiger partial charge < -0.3 is 10.8 Å². The molecule has 0 bridgehead atoms. The minimum atomic E-state index is -3.30. The van der Waals surface area contributed by atoms with Gasteiger partial charge in [0.1, 0.15) is 4.34 Å². The maximum absolute atomic E-state index is 11.6. The topological polar surface area (TPSA) is 127 Å². The standard InChI is InChI=1S/C10H14N2O5S3/c11-8(13)1-3-20(16,17)4-2-18-10-12-7(6-19-10)5-9(14)15/h6H,1-5H2,(H2,11,13)(H,14,15). The first-order chi connectivity index (χ1) is 9.28. The summed E-state index contributed by atoms with van der Waals surface area (Å²) in [5.74, 6) is -1.61. The molecule has 1 rings (SSSR count). The van der Waals surface area contributed by atoms with Crippen LogP contribution in [0.15, 0.2) is 9.72 Å². The van der Waals surface area contributed by atoms with E-state index in [-0.39, 0.29) is 24.3 Å². The van der Waals surface area contributed by atoms with Crippen LogP contribution in [0, 0.1) is 0 Å². The van der Waals surface area contributed by atoms with Gasteiger partial charge in [-0.2, -0.15) is 0 Å². The van der Waals surface area contributed by atoms with Crippen molar-refractivity contribution in [3.63, 3.8) is 0 Å². The fraction of sp³-hybridized carbons (Fsp3) is 0.500. The van der Waals surface area contributed by atoms with Crippen LogP contribution in [0.5, 0.6) is 0 Å². The van der Waals surface area contributed by atoms with Crippen LogP contribution >= 0.6 is 23.1 Å². The second-order valence-corrected chi connectivity index (χ2v) is 8.40. The number of carbonyl (C=O) groups is 2. The van der Waals surface area contributed by atoms with Gasteiger partial charge in [-0.1, -0.05) is 11.8 Å². The van der Waals surface area contributed by atoms with Crippen LogP contribution in [-0.2, 0) is 25.8 Å². The molecule has 10 heteroatoms. The fourth-order valence-electron chi connectivity index (χ4n) is 1.20. The molecule has 3 N–H and O–H groups in total. The van der Waals surface area contributed by atoms with Crippen molar-refractivity contribution in [1.29, 1.82) is 0 Å². The average molecular weight is 338 g/mol. The molecule has 0 aliphatic rings. The molecule has 0 spiro atoms. The maximum atomic E-state index is 11.6. The summed E-state index contributed by atoms with van der Waals surface area (Å²) >= 11 is 2.53. The van der Waals surface area contributed by atoms with Crippen molar-refractivity contribution in [2.24, 2.45) is 5.73 Å². The van der Waals surface area contributed by atoms with E-state index < -0.39 is 21.7 Å². The predicted octanol–water partition coefficient (Wildman–Crippen LogP) is 0.153. The Balaban J connectivity index is 2.38. The number of carboxylic acids is 1. The molecule has 0 aliphatic heterocycles. The first-order valence-corrected chi connectivity index (χ1v) is 9.25. The highest BCUT2D eigenvalue weighted by molar-refractivity contribution is 8.02. The normalized spacial score (nSPS) is 11.4. The number of rotatable bonds is 9. The SMILES string of the molecule is NC(=O)CCS(=O)(=O)CCSc1nc(CC(=O)O)cs1. The molecular weight excluding hydrogens is 324 g/mol. The smallest absolute Gasteiger partial charge is 0.309 e. The number of nitrogens with zero attached hydrogens (tertiary/aromatic N) is 1. The second-order valence-electron chi connectivity index (χ2n) is 3.89. The average Bonchev–Trinajstić information content (AvgIpc) is 2.73. The lowest BCUT2D eigenvalue weighted by Gasteiger charge is -2.01. The summed E-state index contributed by atoms with van der Waals surface area (Å²) in [5.41, 5.74) is 5.36. The Morgan fingerprint density at radius 3 is 2.70 bits per heavy atom. The van der Waals surface area contributed by atoms with Gasteiger partial charge in [-0.3, -0.25) is 9.59 Å². The first kappa shape index (κ1) is 16.9. The summed E-state index contributed by atoms with van der Waals surface area (Å²) in [7, 11) is -3.30. The summed E-state index contributed by atoms with van der Waals surface area (Å²) in [6.07, 6.45) is -0.318. The van der Waals surface area contributed by atoms with E-state index in [9.17, 15) is 18.0 Å². The highest BCUT2D eigenvalue weighted by Crippen LogP contribution is 2.23. The molecule has 0 aromatic carbocycles. The number of nitrogens with two attached hydrogens (primary N) is 1. The summed E-state index contributed by atoms with van der Waals surface area (Å²) in [5, 5.41) is 10.2. The number of thiazole rings is 1. The van der Waals surface area contributed by atoms with Crippen LogP contribution in [0.4, 0.5) is 0 Å². The van der Waals surface area contributed by atoms with Crippen molar-refractivity contribution in [1.82, 2.24) is 4.98 Å². The summed E-state index contributed by atoms with van der Waals surface area (Å²) in [6.45, 7) is 0. The third kappa shape index (κ3) is 6.87. The molecule has 1 aromatic heterocycles. The van der Waals surface area contributed by atoms with E-state index in [1.165, 1.54) is 23.1 Å². The second kappa shape index (κ2) is 7.60. The number of thioether (sulfide) groups is 1. The fourth-order valence-corrected chi connectivity index (χ4v) is 4.84. The zero-order valence-electron chi connectivity index (χ0n) is 10.4. The monoisotopic (exact) mass is 338 g/mol. The molecule has 0 fully saturated rings. The van der Waals surface area contributed by atoms with Crippen LogP contribution < -0.4 is 5.73 Å². The van der Waals surface area contributed by atoms with E-state index in [0.717, 1.165) is 0 Å². The van der Waals surface area contributed by atoms with E-state index in [0.29, 0.717) is 15.8 Å².